The topological polar surface area (TPSA) is 72.9 Å². The SMILES string of the molecule is CCCCC(CC)CNC(=O)c1cnn(C)c1N. The normalized spacial score (nSPS) is 12.4. The summed E-state index contributed by atoms with van der Waals surface area (Å²) < 4.78 is 1.50. The average molecular weight is 252 g/mol. The van der Waals surface area contributed by atoms with Gasteiger partial charge in [-0.15, -0.1) is 0 Å². The molecule has 1 aromatic rings. The van der Waals surface area contributed by atoms with E-state index in [1.165, 1.54) is 23.7 Å². The zero-order chi connectivity index (χ0) is 13.5. The molecule has 5 heteroatoms. The van der Waals surface area contributed by atoms with Crippen molar-refractivity contribution in [2.24, 2.45) is 13.0 Å². The first-order valence-electron chi connectivity index (χ1n) is 6.65. The third-order valence-corrected chi connectivity index (χ3v) is 3.32. The summed E-state index contributed by atoms with van der Waals surface area (Å²) in [6.07, 6.45) is 6.17. The van der Waals surface area contributed by atoms with E-state index >= 15 is 0 Å². The lowest BCUT2D eigenvalue weighted by Crippen LogP contribution is -2.29. The first-order valence-corrected chi connectivity index (χ1v) is 6.65. The fourth-order valence-electron chi connectivity index (χ4n) is 1.90. The molecule has 1 unspecified atom stereocenters. The average Bonchev–Trinajstić information content (AvgIpc) is 2.70. The van der Waals surface area contributed by atoms with Gasteiger partial charge in [0, 0.05) is 13.6 Å². The number of aryl methyl sites for hydroxylation is 1. The zero-order valence-electron chi connectivity index (χ0n) is 11.6. The summed E-state index contributed by atoms with van der Waals surface area (Å²) in [5.74, 6) is 0.830. The molecule has 0 fully saturated rings. The Balaban J connectivity index is 2.47. The third kappa shape index (κ3) is 3.75. The number of aromatic nitrogens is 2. The second-order valence-electron chi connectivity index (χ2n) is 4.69. The molecule has 5 nitrogen and oxygen atoms in total. The second kappa shape index (κ2) is 7.03. The lowest BCUT2D eigenvalue weighted by Gasteiger charge is -2.15. The number of anilines is 1. The van der Waals surface area contributed by atoms with Gasteiger partial charge in [0.05, 0.1) is 6.20 Å². The van der Waals surface area contributed by atoms with E-state index in [0.29, 0.717) is 23.8 Å². The highest BCUT2D eigenvalue weighted by molar-refractivity contribution is 5.98. The van der Waals surface area contributed by atoms with E-state index in [1.807, 2.05) is 0 Å². The number of unbranched alkanes of at least 4 members (excludes halogenated alkanes) is 1. The van der Waals surface area contributed by atoms with Crippen molar-refractivity contribution >= 4 is 11.7 Å². The molecule has 0 aromatic carbocycles. The second-order valence-corrected chi connectivity index (χ2v) is 4.69. The number of nitrogens with two attached hydrogens (primary N) is 1. The van der Waals surface area contributed by atoms with E-state index in [1.54, 1.807) is 7.05 Å². The van der Waals surface area contributed by atoms with Gasteiger partial charge in [-0.3, -0.25) is 9.48 Å². The molecule has 18 heavy (non-hydrogen) atoms. The molecule has 0 saturated heterocycles. The van der Waals surface area contributed by atoms with Crippen molar-refractivity contribution in [1.29, 1.82) is 0 Å². The van der Waals surface area contributed by atoms with Gasteiger partial charge in [-0.05, 0) is 12.3 Å². The van der Waals surface area contributed by atoms with Crippen LogP contribution in [0, 0.1) is 5.92 Å². The van der Waals surface area contributed by atoms with Crippen molar-refractivity contribution in [3.63, 3.8) is 0 Å². The summed E-state index contributed by atoms with van der Waals surface area (Å²) in [4.78, 5) is 11.9. The number of carbonyl (C=O) groups excluding carboxylic acids is 1. The summed E-state index contributed by atoms with van der Waals surface area (Å²) in [7, 11) is 1.72. The molecule has 0 aliphatic heterocycles. The Labute approximate surface area is 109 Å². The highest BCUT2D eigenvalue weighted by Gasteiger charge is 2.14. The molecule has 1 aromatic heterocycles. The Morgan fingerprint density at radius 1 is 1.56 bits per heavy atom. The predicted molar refractivity (Wildman–Crippen MR) is 73.3 cm³/mol. The number of amides is 1. The summed E-state index contributed by atoms with van der Waals surface area (Å²) in [6, 6.07) is 0. The minimum absolute atomic E-state index is 0.129. The van der Waals surface area contributed by atoms with Gasteiger partial charge in [-0.2, -0.15) is 5.10 Å². The van der Waals surface area contributed by atoms with Crippen LogP contribution in [0.1, 0.15) is 49.9 Å². The Morgan fingerprint density at radius 3 is 2.78 bits per heavy atom. The van der Waals surface area contributed by atoms with Gasteiger partial charge < -0.3 is 11.1 Å². The van der Waals surface area contributed by atoms with Crippen LogP contribution in [-0.4, -0.2) is 22.2 Å². The van der Waals surface area contributed by atoms with Crippen LogP contribution < -0.4 is 11.1 Å². The number of nitrogen functional groups attached to an aromatic ring is 1. The van der Waals surface area contributed by atoms with Gasteiger partial charge in [0.2, 0.25) is 0 Å². The minimum Gasteiger partial charge on any atom is -0.383 e. The number of carbonyl (C=O) groups is 1. The van der Waals surface area contributed by atoms with Crippen molar-refractivity contribution in [3.8, 4) is 0 Å². The Morgan fingerprint density at radius 2 is 2.28 bits per heavy atom. The Hall–Kier alpha value is -1.52. The fourth-order valence-corrected chi connectivity index (χ4v) is 1.90. The summed E-state index contributed by atoms with van der Waals surface area (Å²) in [5.41, 5.74) is 6.22. The first-order chi connectivity index (χ1) is 8.60. The summed E-state index contributed by atoms with van der Waals surface area (Å²) in [6.45, 7) is 5.05. The van der Waals surface area contributed by atoms with E-state index in [-0.39, 0.29) is 5.91 Å². The summed E-state index contributed by atoms with van der Waals surface area (Å²) in [5, 5.41) is 6.91. The highest BCUT2D eigenvalue weighted by atomic mass is 16.1. The first kappa shape index (κ1) is 14.5. The van der Waals surface area contributed by atoms with Crippen molar-refractivity contribution in [3.05, 3.63) is 11.8 Å². The number of rotatable bonds is 7. The number of hydrogen-bond acceptors (Lipinski definition) is 3. The highest BCUT2D eigenvalue weighted by Crippen LogP contribution is 2.13. The maximum Gasteiger partial charge on any atom is 0.256 e. The van der Waals surface area contributed by atoms with E-state index in [0.717, 1.165) is 12.8 Å². The van der Waals surface area contributed by atoms with Gasteiger partial charge in [0.15, 0.2) is 0 Å². The predicted octanol–water partition coefficient (Wildman–Crippen LogP) is 1.95. The van der Waals surface area contributed by atoms with Gasteiger partial charge >= 0.3 is 0 Å². The van der Waals surface area contributed by atoms with Gasteiger partial charge in [-0.1, -0.05) is 33.1 Å². The van der Waals surface area contributed by atoms with Crippen molar-refractivity contribution in [2.45, 2.75) is 39.5 Å². The summed E-state index contributed by atoms with van der Waals surface area (Å²) >= 11 is 0. The molecule has 102 valence electrons. The Bertz CT molecular complexity index is 386. The molecule has 1 heterocycles. The van der Waals surface area contributed by atoms with Gasteiger partial charge in [-0.25, -0.2) is 0 Å². The molecular formula is C13H24N4O. The van der Waals surface area contributed by atoms with Crippen LogP contribution in [0.3, 0.4) is 0 Å². The van der Waals surface area contributed by atoms with Crippen LogP contribution in [-0.2, 0) is 7.05 Å². The lowest BCUT2D eigenvalue weighted by atomic mass is 9.99. The number of nitrogens with zero attached hydrogens (tertiary/aromatic N) is 2. The third-order valence-electron chi connectivity index (χ3n) is 3.32. The van der Waals surface area contributed by atoms with E-state index in [2.05, 4.69) is 24.3 Å². The number of hydrogen-bond donors (Lipinski definition) is 2. The molecule has 0 saturated carbocycles. The quantitative estimate of drug-likeness (QED) is 0.779. The molecule has 0 bridgehead atoms. The zero-order valence-corrected chi connectivity index (χ0v) is 11.6. The van der Waals surface area contributed by atoms with Crippen molar-refractivity contribution in [1.82, 2.24) is 15.1 Å². The maximum absolute atomic E-state index is 11.9. The molecule has 0 spiro atoms. The van der Waals surface area contributed by atoms with Gasteiger partial charge in [0.25, 0.3) is 5.91 Å². The van der Waals surface area contributed by atoms with Crippen LogP contribution in [0.25, 0.3) is 0 Å². The van der Waals surface area contributed by atoms with Crippen LogP contribution >= 0.6 is 0 Å². The van der Waals surface area contributed by atoms with Gasteiger partial charge in [0.1, 0.15) is 11.4 Å². The number of nitrogens with one attached hydrogen (secondary N) is 1. The fraction of sp³-hybridized carbons (Fsp3) is 0.692. The van der Waals surface area contributed by atoms with Crippen LogP contribution in [0.5, 0.6) is 0 Å². The smallest absolute Gasteiger partial charge is 0.256 e. The molecule has 0 aliphatic rings. The van der Waals surface area contributed by atoms with E-state index in [4.69, 9.17) is 5.73 Å². The maximum atomic E-state index is 11.9. The van der Waals surface area contributed by atoms with Crippen molar-refractivity contribution < 1.29 is 4.79 Å². The minimum atomic E-state index is -0.129. The van der Waals surface area contributed by atoms with E-state index in [9.17, 15) is 4.79 Å². The molecule has 1 amide bonds. The largest absolute Gasteiger partial charge is 0.383 e. The molecule has 1 atom stereocenters. The Kier molecular flexibility index (Phi) is 5.68. The van der Waals surface area contributed by atoms with Crippen molar-refractivity contribution in [2.75, 3.05) is 12.3 Å². The standard InChI is InChI=1S/C13H24N4O/c1-4-6-7-10(5-2)8-15-13(18)11-9-16-17(3)12(11)14/h9-10H,4-8,14H2,1-3H3,(H,15,18). The van der Waals surface area contributed by atoms with Crippen LogP contribution in [0.4, 0.5) is 5.82 Å². The molecule has 0 aliphatic carbocycles. The van der Waals surface area contributed by atoms with Crippen LogP contribution in [0.2, 0.25) is 0 Å². The lowest BCUT2D eigenvalue weighted by molar-refractivity contribution is 0.0946. The molecule has 0 radical (unpaired) electrons. The van der Waals surface area contributed by atoms with E-state index < -0.39 is 0 Å². The molecular weight excluding hydrogens is 228 g/mol. The monoisotopic (exact) mass is 252 g/mol. The molecule has 3 N–H and O–H groups in total. The van der Waals surface area contributed by atoms with Crippen LogP contribution in [0.15, 0.2) is 6.20 Å². The molecule has 1 rings (SSSR count).